The van der Waals surface area contributed by atoms with Crippen LogP contribution in [-0.4, -0.2) is 23.0 Å². The zero-order chi connectivity index (χ0) is 19.9. The average Bonchev–Trinajstić information content (AvgIpc) is 3.24. The minimum atomic E-state index is -0.701. The lowest BCUT2D eigenvalue weighted by molar-refractivity contribution is -0.385. The molecule has 9 heteroatoms. The van der Waals surface area contributed by atoms with Gasteiger partial charge in [-0.2, -0.15) is 5.10 Å². The number of nitrogens with one attached hydrogen (secondary N) is 1. The number of amides is 1. The highest BCUT2D eigenvalue weighted by molar-refractivity contribution is 5.98. The molecule has 1 amide bonds. The van der Waals surface area contributed by atoms with Gasteiger partial charge < -0.3 is 9.15 Å². The number of hydrogen-bond donors (Lipinski definition) is 1. The summed E-state index contributed by atoms with van der Waals surface area (Å²) in [7, 11) is 0. The van der Waals surface area contributed by atoms with Gasteiger partial charge in [-0.1, -0.05) is 12.1 Å². The lowest BCUT2D eigenvalue weighted by Gasteiger charge is -2.03. The van der Waals surface area contributed by atoms with Gasteiger partial charge in [0, 0.05) is 6.07 Å². The minimum Gasteiger partial charge on any atom is -0.457 e. The van der Waals surface area contributed by atoms with Gasteiger partial charge in [-0.25, -0.2) is 10.2 Å². The Morgan fingerprint density at radius 1 is 1.07 bits per heavy atom. The highest BCUT2D eigenvalue weighted by atomic mass is 16.6. The van der Waals surface area contributed by atoms with Crippen LogP contribution in [0.25, 0.3) is 0 Å². The molecule has 1 N–H and O–H groups in total. The fourth-order valence-corrected chi connectivity index (χ4v) is 2.22. The molecule has 0 aliphatic heterocycles. The summed E-state index contributed by atoms with van der Waals surface area (Å²) in [5.74, 6) is -0.929. The number of nitrogens with zero attached hydrogens (tertiary/aromatic N) is 2. The van der Waals surface area contributed by atoms with Gasteiger partial charge in [-0.15, -0.1) is 0 Å². The predicted octanol–water partition coefficient (Wildman–Crippen LogP) is 3.17. The van der Waals surface area contributed by atoms with Crippen molar-refractivity contribution >= 4 is 23.8 Å². The van der Waals surface area contributed by atoms with Crippen LogP contribution in [0.3, 0.4) is 0 Å². The largest absolute Gasteiger partial charge is 0.457 e. The van der Waals surface area contributed by atoms with Gasteiger partial charge in [-0.3, -0.25) is 14.9 Å². The first-order valence-electron chi connectivity index (χ1n) is 7.97. The van der Waals surface area contributed by atoms with Crippen molar-refractivity contribution in [2.75, 3.05) is 0 Å². The second-order valence-corrected chi connectivity index (χ2v) is 5.41. The van der Waals surface area contributed by atoms with Crippen LogP contribution in [0.5, 0.6) is 5.75 Å². The molecule has 140 valence electrons. The van der Waals surface area contributed by atoms with Crippen molar-refractivity contribution in [3.63, 3.8) is 0 Å². The van der Waals surface area contributed by atoms with Gasteiger partial charge in [-0.05, 0) is 48.0 Å². The third kappa shape index (κ3) is 4.47. The molecule has 0 fully saturated rings. The molecular formula is C19H13N3O6. The molecule has 3 aromatic rings. The first-order valence-corrected chi connectivity index (χ1v) is 7.97. The van der Waals surface area contributed by atoms with Crippen molar-refractivity contribution in [2.24, 2.45) is 5.10 Å². The van der Waals surface area contributed by atoms with Crippen LogP contribution in [0.4, 0.5) is 5.69 Å². The van der Waals surface area contributed by atoms with E-state index >= 15 is 0 Å². The van der Waals surface area contributed by atoms with E-state index in [1.807, 2.05) is 0 Å². The van der Waals surface area contributed by atoms with Crippen LogP contribution < -0.4 is 10.2 Å². The lowest BCUT2D eigenvalue weighted by Crippen LogP contribution is -2.18. The summed E-state index contributed by atoms with van der Waals surface area (Å²) < 4.78 is 10.1. The normalized spacial score (nSPS) is 10.6. The topological polar surface area (TPSA) is 124 Å². The fourth-order valence-electron chi connectivity index (χ4n) is 2.22. The summed E-state index contributed by atoms with van der Waals surface area (Å²) in [6.07, 6.45) is 2.72. The molecule has 0 atom stereocenters. The Morgan fingerprint density at radius 3 is 2.50 bits per heavy atom. The Balaban J connectivity index is 1.60. The van der Waals surface area contributed by atoms with Gasteiger partial charge in [0.1, 0.15) is 11.3 Å². The third-order valence-corrected chi connectivity index (χ3v) is 3.54. The van der Waals surface area contributed by atoms with Gasteiger partial charge >= 0.3 is 5.97 Å². The number of ether oxygens (including phenoxy) is 1. The van der Waals surface area contributed by atoms with Crippen LogP contribution in [0, 0.1) is 10.1 Å². The summed E-state index contributed by atoms with van der Waals surface area (Å²) in [4.78, 5) is 34.1. The van der Waals surface area contributed by atoms with E-state index in [1.165, 1.54) is 42.8 Å². The Morgan fingerprint density at radius 2 is 1.82 bits per heavy atom. The van der Waals surface area contributed by atoms with Crippen molar-refractivity contribution in [1.29, 1.82) is 0 Å². The van der Waals surface area contributed by atoms with Crippen molar-refractivity contribution in [3.05, 3.63) is 93.9 Å². The first-order chi connectivity index (χ1) is 13.5. The average molecular weight is 379 g/mol. The molecule has 1 heterocycles. The number of esters is 1. The quantitative estimate of drug-likeness (QED) is 0.231. The molecule has 0 radical (unpaired) electrons. The zero-order valence-corrected chi connectivity index (χ0v) is 14.3. The number of rotatable bonds is 6. The van der Waals surface area contributed by atoms with Gasteiger partial charge in [0.15, 0.2) is 0 Å². The number of hydrogen-bond acceptors (Lipinski definition) is 7. The number of benzene rings is 2. The van der Waals surface area contributed by atoms with E-state index in [-0.39, 0.29) is 17.0 Å². The number of nitro groups is 1. The van der Waals surface area contributed by atoms with E-state index < -0.39 is 16.8 Å². The summed E-state index contributed by atoms with van der Waals surface area (Å²) in [5.41, 5.74) is 2.45. The van der Waals surface area contributed by atoms with E-state index in [4.69, 9.17) is 9.15 Å². The fraction of sp³-hybridized carbons (Fsp3) is 0. The van der Waals surface area contributed by atoms with Crippen molar-refractivity contribution in [3.8, 4) is 5.75 Å². The second-order valence-electron chi connectivity index (χ2n) is 5.41. The molecule has 28 heavy (non-hydrogen) atoms. The maximum atomic E-state index is 12.1. The molecule has 0 aliphatic rings. The van der Waals surface area contributed by atoms with Gasteiger partial charge in [0.05, 0.1) is 17.4 Å². The van der Waals surface area contributed by atoms with Crippen LogP contribution in [0.15, 0.2) is 76.4 Å². The molecule has 1 aromatic heterocycles. The number of carbonyl (C=O) groups is 2. The molecule has 9 nitrogen and oxygen atoms in total. The van der Waals surface area contributed by atoms with Crippen molar-refractivity contribution in [2.45, 2.75) is 0 Å². The van der Waals surface area contributed by atoms with Gasteiger partial charge in [0.25, 0.3) is 11.6 Å². The number of nitro benzene ring substituents is 1. The summed E-state index contributed by atoms with van der Waals surface area (Å²) >= 11 is 0. The molecule has 0 unspecified atom stereocenters. The monoisotopic (exact) mass is 379 g/mol. The molecule has 0 bridgehead atoms. The number of carbonyl (C=O) groups excluding carboxylic acids is 2. The maximum Gasteiger partial charge on any atom is 0.379 e. The van der Waals surface area contributed by atoms with Crippen LogP contribution in [-0.2, 0) is 0 Å². The Kier molecular flexibility index (Phi) is 5.56. The number of hydrazone groups is 1. The maximum absolute atomic E-state index is 12.1. The van der Waals surface area contributed by atoms with Crippen molar-refractivity contribution < 1.29 is 23.7 Å². The Labute approximate surface area is 158 Å². The molecule has 2 aromatic carbocycles. The highest BCUT2D eigenvalue weighted by Crippen LogP contribution is 2.17. The second kappa shape index (κ2) is 8.41. The summed E-state index contributed by atoms with van der Waals surface area (Å²) in [6, 6.07) is 15.0. The highest BCUT2D eigenvalue weighted by Gasteiger charge is 2.18. The van der Waals surface area contributed by atoms with E-state index in [1.54, 1.807) is 30.3 Å². The SMILES string of the molecule is O=C(Oc1ccc(/C=N\NC(=O)c2ccccc2[N+](=O)[O-])cc1)c1ccco1. The van der Waals surface area contributed by atoms with Crippen LogP contribution >= 0.6 is 0 Å². The van der Waals surface area contributed by atoms with E-state index in [2.05, 4.69) is 10.5 Å². The summed E-state index contributed by atoms with van der Waals surface area (Å²) in [6.45, 7) is 0. The molecule has 0 saturated carbocycles. The standard InChI is InChI=1S/C19H13N3O6/c23-18(15-4-1-2-5-16(15)22(25)26)21-20-12-13-7-9-14(10-8-13)28-19(24)17-6-3-11-27-17/h1-12H,(H,21,23)/b20-12-. The first kappa shape index (κ1) is 18.5. The van der Waals surface area contributed by atoms with E-state index in [0.717, 1.165) is 0 Å². The lowest BCUT2D eigenvalue weighted by atomic mass is 10.2. The van der Waals surface area contributed by atoms with Crippen molar-refractivity contribution in [1.82, 2.24) is 5.43 Å². The predicted molar refractivity (Wildman–Crippen MR) is 98.3 cm³/mol. The van der Waals surface area contributed by atoms with E-state index in [9.17, 15) is 19.7 Å². The van der Waals surface area contributed by atoms with E-state index in [0.29, 0.717) is 11.3 Å². The molecule has 3 rings (SSSR count). The smallest absolute Gasteiger partial charge is 0.379 e. The Hall–Kier alpha value is -4.27. The minimum absolute atomic E-state index is 0.0864. The molecular weight excluding hydrogens is 366 g/mol. The third-order valence-electron chi connectivity index (χ3n) is 3.54. The van der Waals surface area contributed by atoms with Gasteiger partial charge in [0.2, 0.25) is 5.76 Å². The molecule has 0 saturated heterocycles. The Bertz CT molecular complexity index is 1030. The van der Waals surface area contributed by atoms with Crippen LogP contribution in [0.1, 0.15) is 26.5 Å². The zero-order valence-electron chi connectivity index (χ0n) is 14.3. The molecule has 0 spiro atoms. The summed E-state index contributed by atoms with van der Waals surface area (Å²) in [5, 5.41) is 14.7. The molecule has 0 aliphatic carbocycles. The number of furan rings is 1. The number of para-hydroxylation sites is 1. The van der Waals surface area contributed by atoms with Crippen LogP contribution in [0.2, 0.25) is 0 Å².